The van der Waals surface area contributed by atoms with Crippen molar-refractivity contribution in [2.45, 2.75) is 12.8 Å². The Labute approximate surface area is 202 Å². The van der Waals surface area contributed by atoms with E-state index in [9.17, 15) is 9.59 Å². The highest BCUT2D eigenvalue weighted by Crippen LogP contribution is 2.35. The Balaban J connectivity index is 1.39. The Morgan fingerprint density at radius 1 is 1.06 bits per heavy atom. The van der Waals surface area contributed by atoms with E-state index in [0.29, 0.717) is 38.7 Å². The largest absolute Gasteiger partial charge is 0.492 e. The van der Waals surface area contributed by atoms with Gasteiger partial charge in [0.2, 0.25) is 5.91 Å². The first-order valence-corrected chi connectivity index (χ1v) is 11.4. The number of thiocarbonyl (C=S) groups is 1. The van der Waals surface area contributed by atoms with Crippen molar-refractivity contribution in [3.8, 4) is 5.75 Å². The summed E-state index contributed by atoms with van der Waals surface area (Å²) >= 11 is 24.4. The van der Waals surface area contributed by atoms with Crippen LogP contribution in [-0.4, -0.2) is 23.5 Å². The van der Waals surface area contributed by atoms with Gasteiger partial charge in [0.1, 0.15) is 10.6 Å². The minimum atomic E-state index is -0.453. The summed E-state index contributed by atoms with van der Waals surface area (Å²) in [7, 11) is 0. The van der Waals surface area contributed by atoms with Crippen molar-refractivity contribution in [1.82, 2.24) is 16.2 Å². The molecule has 2 amide bonds. The zero-order valence-corrected chi connectivity index (χ0v) is 19.7. The zero-order valence-electron chi connectivity index (χ0n) is 15.8. The van der Waals surface area contributed by atoms with Crippen molar-refractivity contribution < 1.29 is 14.3 Å². The van der Waals surface area contributed by atoms with Gasteiger partial charge in [0.15, 0.2) is 5.11 Å². The predicted molar refractivity (Wildman–Crippen MR) is 129 cm³/mol. The number of thiophene rings is 1. The van der Waals surface area contributed by atoms with Crippen LogP contribution in [0.15, 0.2) is 42.5 Å². The number of carbonyl (C=O) groups excluding carboxylic acids is 2. The number of hydrogen-bond acceptors (Lipinski definition) is 5. The second kappa shape index (κ2) is 11.0. The van der Waals surface area contributed by atoms with E-state index in [4.69, 9.17) is 51.8 Å². The van der Waals surface area contributed by atoms with Gasteiger partial charge in [-0.05, 0) is 42.9 Å². The predicted octanol–water partition coefficient (Wildman–Crippen LogP) is 5.36. The lowest BCUT2D eigenvalue weighted by Crippen LogP contribution is -2.48. The molecule has 1 aromatic heterocycles. The van der Waals surface area contributed by atoms with E-state index in [0.717, 1.165) is 10.1 Å². The van der Waals surface area contributed by atoms with Gasteiger partial charge in [0.25, 0.3) is 5.91 Å². The van der Waals surface area contributed by atoms with Gasteiger partial charge in [-0.15, -0.1) is 11.3 Å². The van der Waals surface area contributed by atoms with E-state index in [-0.39, 0.29) is 17.4 Å². The van der Waals surface area contributed by atoms with E-state index >= 15 is 0 Å². The highest BCUT2D eigenvalue weighted by molar-refractivity contribution is 7.80. The Hall–Kier alpha value is -2.10. The number of hydrazine groups is 1. The maximum Gasteiger partial charge on any atom is 0.269 e. The monoisotopic (exact) mass is 515 g/mol. The molecule has 0 bridgehead atoms. The lowest BCUT2D eigenvalue weighted by Gasteiger charge is -2.11. The van der Waals surface area contributed by atoms with Gasteiger partial charge < -0.3 is 4.74 Å². The lowest BCUT2D eigenvalue weighted by atomic mass is 10.2. The van der Waals surface area contributed by atoms with Crippen LogP contribution in [0.5, 0.6) is 5.75 Å². The van der Waals surface area contributed by atoms with Gasteiger partial charge in [-0.2, -0.15) is 0 Å². The van der Waals surface area contributed by atoms with E-state index in [1.54, 1.807) is 18.2 Å². The van der Waals surface area contributed by atoms with Gasteiger partial charge in [-0.25, -0.2) is 0 Å². The topological polar surface area (TPSA) is 79.5 Å². The summed E-state index contributed by atoms with van der Waals surface area (Å²) < 4.78 is 6.42. The Kier molecular flexibility index (Phi) is 8.34. The summed E-state index contributed by atoms with van der Waals surface area (Å²) in [6, 6.07) is 12.3. The molecule has 0 saturated heterocycles. The van der Waals surface area contributed by atoms with Gasteiger partial charge in [0, 0.05) is 21.5 Å². The molecule has 0 aliphatic carbocycles. The fourth-order valence-corrected chi connectivity index (χ4v) is 4.57. The van der Waals surface area contributed by atoms with Gasteiger partial charge >= 0.3 is 0 Å². The Morgan fingerprint density at radius 3 is 2.58 bits per heavy atom. The molecule has 3 aromatic rings. The van der Waals surface area contributed by atoms with Crippen LogP contribution in [0.1, 0.15) is 22.5 Å². The minimum Gasteiger partial charge on any atom is -0.492 e. The molecule has 6 nitrogen and oxygen atoms in total. The molecule has 0 unspecified atom stereocenters. The normalized spacial score (nSPS) is 10.5. The van der Waals surface area contributed by atoms with Crippen molar-refractivity contribution in [2.24, 2.45) is 0 Å². The number of amides is 2. The van der Waals surface area contributed by atoms with E-state index in [1.165, 1.54) is 11.3 Å². The molecule has 0 fully saturated rings. The maximum atomic E-state index is 12.4. The quantitative estimate of drug-likeness (QED) is 0.234. The second-order valence-corrected chi connectivity index (χ2v) is 8.91. The molecule has 2 aromatic carbocycles. The molecule has 0 aliphatic rings. The van der Waals surface area contributed by atoms with Crippen LogP contribution in [0.3, 0.4) is 0 Å². The molecule has 3 rings (SSSR count). The minimum absolute atomic E-state index is 0.0453. The standard InChI is InChI=1S/C20H16Cl3N3O3S2/c21-11-7-8-14(13(22)10-11)29-9-3-6-16(27)25-26-20(30)24-19(28)18-17(23)12-4-1-2-5-15(12)31-18/h1-2,4-5,7-8,10H,3,6,9H2,(H,25,27)(H2,24,26,28,30). The molecule has 0 saturated carbocycles. The molecule has 162 valence electrons. The molecular weight excluding hydrogens is 501 g/mol. The van der Waals surface area contributed by atoms with Crippen molar-refractivity contribution in [3.63, 3.8) is 0 Å². The average molecular weight is 517 g/mol. The van der Waals surface area contributed by atoms with E-state index in [2.05, 4.69) is 16.2 Å². The summed E-state index contributed by atoms with van der Waals surface area (Å²) in [4.78, 5) is 24.7. The summed E-state index contributed by atoms with van der Waals surface area (Å²) in [5.41, 5.74) is 4.92. The van der Waals surface area contributed by atoms with E-state index in [1.807, 2.05) is 24.3 Å². The van der Waals surface area contributed by atoms with Gasteiger partial charge in [-0.3, -0.25) is 25.8 Å². The molecule has 0 spiro atoms. The first-order chi connectivity index (χ1) is 14.8. The van der Waals surface area contributed by atoms with Crippen molar-refractivity contribution in [3.05, 3.63) is 62.4 Å². The first kappa shape index (κ1) is 23.6. The summed E-state index contributed by atoms with van der Waals surface area (Å²) in [5.74, 6) is -0.276. The number of fused-ring (bicyclic) bond motifs is 1. The molecule has 0 radical (unpaired) electrons. The highest BCUT2D eigenvalue weighted by atomic mass is 35.5. The molecule has 31 heavy (non-hydrogen) atoms. The van der Waals surface area contributed by atoms with Gasteiger partial charge in [0.05, 0.1) is 16.7 Å². The van der Waals surface area contributed by atoms with Crippen LogP contribution in [-0.2, 0) is 4.79 Å². The van der Waals surface area contributed by atoms with Crippen LogP contribution in [0.2, 0.25) is 15.1 Å². The van der Waals surface area contributed by atoms with Crippen molar-refractivity contribution in [2.75, 3.05) is 6.61 Å². The van der Waals surface area contributed by atoms with Crippen molar-refractivity contribution >= 4 is 85.4 Å². The summed E-state index contributed by atoms with van der Waals surface area (Å²) in [5, 5.41) is 4.53. The number of nitrogens with one attached hydrogen (secondary N) is 3. The van der Waals surface area contributed by atoms with Crippen molar-refractivity contribution in [1.29, 1.82) is 0 Å². The van der Waals surface area contributed by atoms with Crippen LogP contribution in [0.4, 0.5) is 0 Å². The lowest BCUT2D eigenvalue weighted by molar-refractivity contribution is -0.121. The van der Waals surface area contributed by atoms with Gasteiger partial charge in [-0.1, -0.05) is 53.0 Å². The Morgan fingerprint density at radius 2 is 1.84 bits per heavy atom. The SMILES string of the molecule is O=C(CCCOc1ccc(Cl)cc1Cl)NNC(=S)NC(=O)c1sc2ccccc2c1Cl. The fourth-order valence-electron chi connectivity index (χ4n) is 2.55. The number of benzene rings is 2. The number of ether oxygens (including phenoxy) is 1. The summed E-state index contributed by atoms with van der Waals surface area (Å²) in [6.45, 7) is 0.292. The average Bonchev–Trinajstić information content (AvgIpc) is 3.08. The molecule has 1 heterocycles. The molecular formula is C20H16Cl3N3O3S2. The van der Waals surface area contributed by atoms with Crippen LogP contribution in [0, 0.1) is 0 Å². The van der Waals surface area contributed by atoms with E-state index < -0.39 is 5.91 Å². The molecule has 11 heteroatoms. The van der Waals surface area contributed by atoms with Crippen LogP contribution < -0.4 is 20.9 Å². The molecule has 0 atom stereocenters. The number of carbonyl (C=O) groups is 2. The van der Waals surface area contributed by atoms with Crippen LogP contribution >= 0.6 is 58.4 Å². The molecule has 0 aliphatic heterocycles. The smallest absolute Gasteiger partial charge is 0.269 e. The molecule has 3 N–H and O–H groups in total. The maximum absolute atomic E-state index is 12.4. The Bertz CT molecular complexity index is 1140. The second-order valence-electron chi connectivity index (χ2n) is 6.22. The third-order valence-electron chi connectivity index (χ3n) is 3.98. The number of hydrogen-bond donors (Lipinski definition) is 3. The summed E-state index contributed by atoms with van der Waals surface area (Å²) in [6.07, 6.45) is 0.625. The highest BCUT2D eigenvalue weighted by Gasteiger charge is 2.18. The number of halogens is 3. The number of rotatable bonds is 6. The fraction of sp³-hybridized carbons (Fsp3) is 0.150. The third-order valence-corrected chi connectivity index (χ3v) is 6.39. The first-order valence-electron chi connectivity index (χ1n) is 9.00. The third kappa shape index (κ3) is 6.44. The zero-order chi connectivity index (χ0) is 22.4. The van der Waals surface area contributed by atoms with Crippen LogP contribution in [0.25, 0.3) is 10.1 Å².